The highest BCUT2D eigenvalue weighted by atomic mass is 79.9. The number of aromatic nitrogens is 6. The van der Waals surface area contributed by atoms with Gasteiger partial charge in [-0.15, -0.1) is 11.3 Å². The minimum Gasteiger partial charge on any atom is -0.346 e. The van der Waals surface area contributed by atoms with Gasteiger partial charge in [-0.1, -0.05) is 24.0 Å². The van der Waals surface area contributed by atoms with Crippen LogP contribution in [0.1, 0.15) is 40.2 Å². The summed E-state index contributed by atoms with van der Waals surface area (Å²) in [6.45, 7) is -1.10. The van der Waals surface area contributed by atoms with Crippen LogP contribution in [0.5, 0.6) is 0 Å². The normalized spacial score (nSPS) is 17.7. The Labute approximate surface area is 318 Å². The minimum absolute atomic E-state index is 0.0127. The number of carbonyl (C=O) groups is 1. The SMILES string of the molecule is Cn1nc(NS(C)(=O)=O)c2cccc(-c3cc4sc(Br)nc4nc3C(Cc3cc(F)cc(F)c3)NC(=O)Cn3nc(C(F)(F)F)c4c3C(F)(F)[C@@H]3C#C[C@H]43)c21. The van der Waals surface area contributed by atoms with E-state index < -0.39 is 81.0 Å². The molecule has 2 aromatic carbocycles. The zero-order chi connectivity index (χ0) is 39.4. The summed E-state index contributed by atoms with van der Waals surface area (Å²) in [4.78, 5) is 23.0. The third-order valence-electron chi connectivity index (χ3n) is 9.15. The van der Waals surface area contributed by atoms with Gasteiger partial charge < -0.3 is 5.32 Å². The number of hydrogen-bond donors (Lipinski definition) is 2. The molecule has 8 rings (SSSR count). The molecule has 2 aliphatic carbocycles. The number of fused-ring (bicyclic) bond motifs is 5. The molecule has 3 atom stereocenters. The van der Waals surface area contributed by atoms with Gasteiger partial charge >= 0.3 is 12.1 Å². The third-order valence-corrected chi connectivity index (χ3v) is 11.2. The van der Waals surface area contributed by atoms with Gasteiger partial charge in [-0.3, -0.25) is 18.9 Å². The predicted molar refractivity (Wildman–Crippen MR) is 189 cm³/mol. The fourth-order valence-corrected chi connectivity index (χ4v) is 8.94. The molecule has 0 bridgehead atoms. The maximum absolute atomic E-state index is 15.5. The van der Waals surface area contributed by atoms with Gasteiger partial charge in [0, 0.05) is 35.2 Å². The number of anilines is 1. The molecule has 0 saturated heterocycles. The molecule has 4 aromatic heterocycles. The van der Waals surface area contributed by atoms with Crippen molar-refractivity contribution in [2.24, 2.45) is 13.0 Å². The van der Waals surface area contributed by atoms with E-state index in [0.29, 0.717) is 41.4 Å². The largest absolute Gasteiger partial charge is 0.435 e. The van der Waals surface area contributed by atoms with Crippen LogP contribution >= 0.6 is 27.3 Å². The molecule has 1 amide bonds. The third kappa shape index (κ3) is 6.48. The van der Waals surface area contributed by atoms with Crippen molar-refractivity contribution in [3.63, 3.8) is 0 Å². The Morgan fingerprint density at radius 2 is 1.80 bits per heavy atom. The highest BCUT2D eigenvalue weighted by Gasteiger charge is 2.62. The van der Waals surface area contributed by atoms with Gasteiger partial charge in [0.05, 0.1) is 34.1 Å². The van der Waals surface area contributed by atoms with E-state index in [9.17, 15) is 35.2 Å². The first-order valence-electron chi connectivity index (χ1n) is 16.0. The molecule has 4 heterocycles. The molecule has 284 valence electrons. The number of amides is 1. The van der Waals surface area contributed by atoms with Crippen molar-refractivity contribution in [2.45, 2.75) is 37.0 Å². The number of rotatable bonds is 9. The summed E-state index contributed by atoms with van der Waals surface area (Å²) in [5.41, 5.74) is -1.99. The second-order valence-corrected chi connectivity index (χ2v) is 17.0. The van der Waals surface area contributed by atoms with Crippen molar-refractivity contribution in [2.75, 3.05) is 11.0 Å². The van der Waals surface area contributed by atoms with E-state index >= 15 is 8.78 Å². The molecule has 0 spiro atoms. The van der Waals surface area contributed by atoms with Crippen molar-refractivity contribution in [3.8, 4) is 23.0 Å². The van der Waals surface area contributed by atoms with Gasteiger partial charge in [-0.25, -0.2) is 27.2 Å². The summed E-state index contributed by atoms with van der Waals surface area (Å²) in [5.74, 6) is -5.33. The molecule has 6 aromatic rings. The Hall–Kier alpha value is -5.07. The Kier molecular flexibility index (Phi) is 8.54. The van der Waals surface area contributed by atoms with Crippen LogP contribution in [0, 0.1) is 29.4 Å². The van der Waals surface area contributed by atoms with Crippen LogP contribution in [-0.2, 0) is 46.9 Å². The lowest BCUT2D eigenvalue weighted by Gasteiger charge is -2.24. The molecule has 11 nitrogen and oxygen atoms in total. The van der Waals surface area contributed by atoms with E-state index in [1.165, 1.54) is 16.0 Å². The van der Waals surface area contributed by atoms with Crippen LogP contribution in [0.4, 0.5) is 36.6 Å². The van der Waals surface area contributed by atoms with Crippen molar-refractivity contribution >= 4 is 70.3 Å². The minimum atomic E-state index is -5.13. The maximum atomic E-state index is 15.5. The number of carbonyl (C=O) groups excluding carboxylic acids is 1. The average molecular weight is 868 g/mol. The summed E-state index contributed by atoms with van der Waals surface area (Å²) >= 11 is 4.54. The van der Waals surface area contributed by atoms with Gasteiger partial charge in [0.2, 0.25) is 15.9 Å². The van der Waals surface area contributed by atoms with Crippen molar-refractivity contribution < 1.29 is 43.9 Å². The molecular formula is C34H22BrF7N8O3S2. The number of nitrogens with zero attached hydrogens (tertiary/aromatic N) is 6. The zero-order valence-corrected chi connectivity index (χ0v) is 31.2. The Bertz CT molecular complexity index is 2770. The van der Waals surface area contributed by atoms with Crippen LogP contribution in [0.2, 0.25) is 0 Å². The number of aryl methyl sites for hydroxylation is 1. The predicted octanol–water partition coefficient (Wildman–Crippen LogP) is 6.79. The Morgan fingerprint density at radius 1 is 1.07 bits per heavy atom. The molecule has 55 heavy (non-hydrogen) atoms. The van der Waals surface area contributed by atoms with Gasteiger partial charge in [-0.05, 0) is 52.2 Å². The number of nitrogens with one attached hydrogen (secondary N) is 2. The molecule has 2 aliphatic rings. The summed E-state index contributed by atoms with van der Waals surface area (Å²) in [5, 5.41) is 10.8. The smallest absolute Gasteiger partial charge is 0.346 e. The van der Waals surface area contributed by atoms with Crippen LogP contribution in [0.3, 0.4) is 0 Å². The molecule has 2 N–H and O–H groups in total. The van der Waals surface area contributed by atoms with E-state index in [0.717, 1.165) is 18.4 Å². The number of para-hydroxylation sites is 1. The van der Waals surface area contributed by atoms with Gasteiger partial charge in [0.15, 0.2) is 21.1 Å². The lowest BCUT2D eigenvalue weighted by atomic mass is 9.84. The van der Waals surface area contributed by atoms with E-state index in [-0.39, 0.29) is 29.1 Å². The van der Waals surface area contributed by atoms with Gasteiger partial charge in [0.25, 0.3) is 0 Å². The summed E-state index contributed by atoms with van der Waals surface area (Å²) in [7, 11) is -2.20. The van der Waals surface area contributed by atoms with Gasteiger partial charge in [-0.2, -0.15) is 32.1 Å². The molecule has 0 fully saturated rings. The summed E-state index contributed by atoms with van der Waals surface area (Å²) < 4.78 is 132. The quantitative estimate of drug-likeness (QED) is 0.121. The number of benzene rings is 2. The molecule has 0 aliphatic heterocycles. The number of hydrogen-bond acceptors (Lipinski definition) is 8. The highest BCUT2D eigenvalue weighted by molar-refractivity contribution is 9.11. The van der Waals surface area contributed by atoms with Crippen molar-refractivity contribution in [3.05, 3.63) is 86.2 Å². The van der Waals surface area contributed by atoms with E-state index in [4.69, 9.17) is 4.98 Å². The highest BCUT2D eigenvalue weighted by Crippen LogP contribution is 2.58. The topological polar surface area (TPSA) is 137 Å². The number of sulfonamides is 1. The van der Waals surface area contributed by atoms with Crippen LogP contribution in [0.25, 0.3) is 32.4 Å². The number of alkyl halides is 5. The molecule has 0 saturated carbocycles. The first-order valence-corrected chi connectivity index (χ1v) is 19.5. The van der Waals surface area contributed by atoms with Gasteiger partial charge in [0.1, 0.15) is 29.8 Å². The Balaban J connectivity index is 1.27. The zero-order valence-electron chi connectivity index (χ0n) is 27.9. The van der Waals surface area contributed by atoms with Crippen molar-refractivity contribution in [1.29, 1.82) is 0 Å². The number of thiazole rings is 1. The monoisotopic (exact) mass is 866 g/mol. The summed E-state index contributed by atoms with van der Waals surface area (Å²) in [6.07, 6.45) is -4.52. The van der Waals surface area contributed by atoms with E-state index in [1.54, 1.807) is 31.3 Å². The molecular weight excluding hydrogens is 845 g/mol. The second-order valence-electron chi connectivity index (χ2n) is 13.0. The standard InChI is InChI=1S/C34H22BrF7N8O3S2/c1-49-27-17(4-3-5-19(27)30(47-49)48-55(2,52)53)20-12-23-31(45-32(35)54-23)44-26(20)22(10-14-8-15(36)11-16(37)9-14)43-24(51)13-50-29-25(28(46-50)34(40,41)42)18-6-7-21(18)33(29,38)39/h3-5,8-9,11-12,18,21-22H,10,13H2,1-2H3,(H,43,51)(H,47,48)/t18-,21+,22?/m0/s1. The molecule has 21 heteroatoms. The van der Waals surface area contributed by atoms with Crippen molar-refractivity contribution in [1.82, 2.24) is 34.8 Å². The fraction of sp³-hybridized carbons (Fsp3) is 0.265. The second kappa shape index (κ2) is 12.7. The Morgan fingerprint density at radius 3 is 2.45 bits per heavy atom. The number of pyridine rings is 1. The first kappa shape index (κ1) is 36.9. The van der Waals surface area contributed by atoms with Crippen LogP contribution in [0.15, 0.2) is 46.4 Å². The maximum Gasteiger partial charge on any atom is 0.435 e. The average Bonchev–Trinajstić information content (AvgIpc) is 3.73. The van der Waals surface area contributed by atoms with Crippen LogP contribution in [-0.4, -0.2) is 50.1 Å². The lowest BCUT2D eigenvalue weighted by molar-refractivity contribution is -0.142. The lowest BCUT2D eigenvalue weighted by Crippen LogP contribution is -2.36. The fourth-order valence-electron chi connectivity index (χ4n) is 7.08. The van der Waals surface area contributed by atoms with Crippen LogP contribution < -0.4 is 10.0 Å². The molecule has 0 radical (unpaired) electrons. The summed E-state index contributed by atoms with van der Waals surface area (Å²) in [6, 6.07) is 7.92. The first-order chi connectivity index (χ1) is 25.8. The number of halogens is 8. The van der Waals surface area contributed by atoms with E-state index in [1.807, 2.05) is 0 Å². The van der Waals surface area contributed by atoms with E-state index in [2.05, 4.69) is 53.0 Å². The molecule has 1 unspecified atom stereocenters.